The lowest BCUT2D eigenvalue weighted by molar-refractivity contribution is 0.0657. The third-order valence-electron chi connectivity index (χ3n) is 3.47. The molecule has 0 aromatic heterocycles. The number of likely N-dealkylation sites (N-methyl/N-ethyl adjacent to an activating group) is 1. The van der Waals surface area contributed by atoms with Crippen LogP contribution in [-0.2, 0) is 0 Å². The zero-order valence-corrected chi connectivity index (χ0v) is 12.5. The van der Waals surface area contributed by atoms with Crippen LogP contribution in [0.1, 0.15) is 30.1 Å². The monoisotopic (exact) mass is 328 g/mol. The van der Waals surface area contributed by atoms with Gasteiger partial charge in [-0.3, -0.25) is 4.79 Å². The minimum Gasteiger partial charge on any atom is -0.335 e. The number of nitrogens with one attached hydrogen (secondary N) is 1. The molecular formula is C14H18BrFN2O. The second-order valence-corrected chi connectivity index (χ2v) is 5.63. The SMILES string of the molecule is CCN(C(=O)c1ccc(Br)cc1F)C1CCCNC1. The Balaban J connectivity index is 2.19. The highest BCUT2D eigenvalue weighted by molar-refractivity contribution is 9.10. The molecule has 0 spiro atoms. The van der Waals surface area contributed by atoms with E-state index in [9.17, 15) is 9.18 Å². The van der Waals surface area contributed by atoms with E-state index in [0.717, 1.165) is 25.9 Å². The zero-order chi connectivity index (χ0) is 13.8. The highest BCUT2D eigenvalue weighted by Crippen LogP contribution is 2.19. The van der Waals surface area contributed by atoms with E-state index in [1.807, 2.05) is 6.92 Å². The molecule has 1 unspecified atom stereocenters. The molecule has 1 amide bonds. The second kappa shape index (κ2) is 6.48. The van der Waals surface area contributed by atoms with Gasteiger partial charge in [-0.15, -0.1) is 0 Å². The van der Waals surface area contributed by atoms with Crippen molar-refractivity contribution >= 4 is 21.8 Å². The predicted octanol–water partition coefficient (Wildman–Crippen LogP) is 2.80. The first kappa shape index (κ1) is 14.5. The van der Waals surface area contributed by atoms with Crippen LogP contribution in [0, 0.1) is 5.82 Å². The lowest BCUT2D eigenvalue weighted by atomic mass is 10.0. The molecule has 1 aromatic rings. The van der Waals surface area contributed by atoms with Crippen molar-refractivity contribution in [2.75, 3.05) is 19.6 Å². The Bertz CT molecular complexity index is 461. The number of nitrogens with zero attached hydrogens (tertiary/aromatic N) is 1. The normalized spacial score (nSPS) is 19.2. The van der Waals surface area contributed by atoms with Gasteiger partial charge in [-0.25, -0.2) is 4.39 Å². The van der Waals surface area contributed by atoms with E-state index < -0.39 is 5.82 Å². The minimum atomic E-state index is -0.471. The first-order chi connectivity index (χ1) is 9.13. The van der Waals surface area contributed by atoms with Gasteiger partial charge in [0.15, 0.2) is 0 Å². The third kappa shape index (κ3) is 3.34. The van der Waals surface area contributed by atoms with E-state index in [-0.39, 0.29) is 17.5 Å². The summed E-state index contributed by atoms with van der Waals surface area (Å²) >= 11 is 3.20. The Hall–Kier alpha value is -0.940. The van der Waals surface area contributed by atoms with Crippen LogP contribution < -0.4 is 5.32 Å². The summed E-state index contributed by atoms with van der Waals surface area (Å²) in [5, 5.41) is 3.28. The number of rotatable bonds is 3. The molecule has 1 saturated heterocycles. The standard InChI is InChI=1S/C14H18BrFN2O/c1-2-18(11-4-3-7-17-9-11)14(19)12-6-5-10(15)8-13(12)16/h5-6,8,11,17H,2-4,7,9H2,1H3. The molecule has 1 aliphatic heterocycles. The summed E-state index contributed by atoms with van der Waals surface area (Å²) in [4.78, 5) is 14.2. The summed E-state index contributed by atoms with van der Waals surface area (Å²) in [6.45, 7) is 4.32. The molecule has 19 heavy (non-hydrogen) atoms. The van der Waals surface area contributed by atoms with E-state index >= 15 is 0 Å². The van der Waals surface area contributed by atoms with Crippen molar-refractivity contribution in [2.45, 2.75) is 25.8 Å². The van der Waals surface area contributed by atoms with Crippen molar-refractivity contribution in [3.63, 3.8) is 0 Å². The van der Waals surface area contributed by atoms with Crippen LogP contribution in [0.15, 0.2) is 22.7 Å². The number of carbonyl (C=O) groups is 1. The molecule has 2 rings (SSSR count). The molecule has 0 aliphatic carbocycles. The molecule has 1 N–H and O–H groups in total. The maximum Gasteiger partial charge on any atom is 0.257 e. The topological polar surface area (TPSA) is 32.3 Å². The number of benzene rings is 1. The fourth-order valence-corrected chi connectivity index (χ4v) is 2.82. The van der Waals surface area contributed by atoms with Gasteiger partial charge in [0.25, 0.3) is 5.91 Å². The summed E-state index contributed by atoms with van der Waals surface area (Å²) in [6.07, 6.45) is 2.03. The average Bonchev–Trinajstić information content (AvgIpc) is 2.40. The Morgan fingerprint density at radius 1 is 1.58 bits per heavy atom. The summed E-state index contributed by atoms with van der Waals surface area (Å²) in [5.41, 5.74) is 0.149. The van der Waals surface area contributed by atoms with Crippen LogP contribution in [-0.4, -0.2) is 36.5 Å². The Kier molecular flexibility index (Phi) is 4.93. The Labute approximate surface area is 121 Å². The summed E-state index contributed by atoms with van der Waals surface area (Å²) in [6, 6.07) is 4.73. The van der Waals surface area contributed by atoms with Crippen molar-refractivity contribution in [3.05, 3.63) is 34.1 Å². The molecule has 0 saturated carbocycles. The maximum atomic E-state index is 13.9. The summed E-state index contributed by atoms with van der Waals surface area (Å²) in [7, 11) is 0. The number of hydrogen-bond donors (Lipinski definition) is 1. The van der Waals surface area contributed by atoms with Gasteiger partial charge in [-0.05, 0) is 44.5 Å². The van der Waals surface area contributed by atoms with Crippen molar-refractivity contribution in [1.82, 2.24) is 10.2 Å². The van der Waals surface area contributed by atoms with Crippen molar-refractivity contribution < 1.29 is 9.18 Å². The van der Waals surface area contributed by atoms with Crippen molar-refractivity contribution in [1.29, 1.82) is 0 Å². The molecule has 3 nitrogen and oxygen atoms in total. The first-order valence-electron chi connectivity index (χ1n) is 6.60. The molecule has 5 heteroatoms. The largest absolute Gasteiger partial charge is 0.335 e. The van der Waals surface area contributed by atoms with E-state index in [2.05, 4.69) is 21.2 Å². The average molecular weight is 329 g/mol. The molecule has 1 aromatic carbocycles. The Morgan fingerprint density at radius 2 is 2.37 bits per heavy atom. The number of amides is 1. The number of halogens is 2. The lowest BCUT2D eigenvalue weighted by Crippen LogP contribution is -2.48. The molecule has 0 bridgehead atoms. The van der Waals surface area contributed by atoms with Crippen LogP contribution in [0.5, 0.6) is 0 Å². The second-order valence-electron chi connectivity index (χ2n) is 4.72. The van der Waals surface area contributed by atoms with Gasteiger partial charge in [0.1, 0.15) is 5.82 Å². The Morgan fingerprint density at radius 3 is 2.95 bits per heavy atom. The smallest absolute Gasteiger partial charge is 0.257 e. The van der Waals surface area contributed by atoms with Crippen molar-refractivity contribution in [2.24, 2.45) is 0 Å². The highest BCUT2D eigenvalue weighted by Gasteiger charge is 2.26. The number of carbonyl (C=O) groups excluding carboxylic acids is 1. The summed E-state index contributed by atoms with van der Waals surface area (Å²) < 4.78 is 14.5. The van der Waals surface area contributed by atoms with Gasteiger partial charge in [0.2, 0.25) is 0 Å². The van der Waals surface area contributed by atoms with E-state index in [0.29, 0.717) is 11.0 Å². The van der Waals surface area contributed by atoms with Gasteiger partial charge < -0.3 is 10.2 Å². The lowest BCUT2D eigenvalue weighted by Gasteiger charge is -2.34. The van der Waals surface area contributed by atoms with Crippen LogP contribution in [0.25, 0.3) is 0 Å². The predicted molar refractivity (Wildman–Crippen MR) is 76.7 cm³/mol. The van der Waals surface area contributed by atoms with Gasteiger partial charge in [0, 0.05) is 23.6 Å². The van der Waals surface area contributed by atoms with Crippen LogP contribution >= 0.6 is 15.9 Å². The fraction of sp³-hybridized carbons (Fsp3) is 0.500. The van der Waals surface area contributed by atoms with E-state index in [4.69, 9.17) is 0 Å². The van der Waals surface area contributed by atoms with Gasteiger partial charge >= 0.3 is 0 Å². The zero-order valence-electron chi connectivity index (χ0n) is 11.0. The maximum absolute atomic E-state index is 13.9. The molecular weight excluding hydrogens is 311 g/mol. The highest BCUT2D eigenvalue weighted by atomic mass is 79.9. The van der Waals surface area contributed by atoms with Crippen LogP contribution in [0.4, 0.5) is 4.39 Å². The van der Waals surface area contributed by atoms with Gasteiger partial charge in [-0.1, -0.05) is 15.9 Å². The molecule has 104 valence electrons. The fourth-order valence-electron chi connectivity index (χ4n) is 2.48. The van der Waals surface area contributed by atoms with Crippen molar-refractivity contribution in [3.8, 4) is 0 Å². The molecule has 1 aliphatic rings. The van der Waals surface area contributed by atoms with Gasteiger partial charge in [-0.2, -0.15) is 0 Å². The minimum absolute atomic E-state index is 0.149. The van der Waals surface area contributed by atoms with Crippen LogP contribution in [0.2, 0.25) is 0 Å². The third-order valence-corrected chi connectivity index (χ3v) is 3.97. The molecule has 1 atom stereocenters. The number of hydrogen-bond acceptors (Lipinski definition) is 2. The summed E-state index contributed by atoms with van der Waals surface area (Å²) in [5.74, 6) is -0.692. The van der Waals surface area contributed by atoms with E-state index in [1.54, 1.807) is 17.0 Å². The quantitative estimate of drug-likeness (QED) is 0.925. The van der Waals surface area contributed by atoms with Gasteiger partial charge in [0.05, 0.1) is 5.56 Å². The molecule has 0 radical (unpaired) electrons. The number of piperidine rings is 1. The molecule has 1 heterocycles. The first-order valence-corrected chi connectivity index (χ1v) is 7.39. The molecule has 1 fully saturated rings. The van der Waals surface area contributed by atoms with Crippen LogP contribution in [0.3, 0.4) is 0 Å². The van der Waals surface area contributed by atoms with E-state index in [1.165, 1.54) is 6.07 Å².